The third kappa shape index (κ3) is 2.66. The molecule has 0 aromatic heterocycles. The summed E-state index contributed by atoms with van der Waals surface area (Å²) in [6.45, 7) is 3.59. The first-order valence-electron chi connectivity index (χ1n) is 3.26. The van der Waals surface area contributed by atoms with Gasteiger partial charge >= 0.3 is 0 Å². The third-order valence-corrected chi connectivity index (χ3v) is 1.43. The molecule has 0 aliphatic carbocycles. The van der Waals surface area contributed by atoms with Crippen LogP contribution in [0.5, 0.6) is 0 Å². The molecule has 61 valence electrons. The molecule has 3 heteroatoms. The molecule has 0 aliphatic heterocycles. The van der Waals surface area contributed by atoms with Gasteiger partial charge in [-0.05, 0) is 17.7 Å². The van der Waals surface area contributed by atoms with E-state index >= 15 is 0 Å². The van der Waals surface area contributed by atoms with Crippen molar-refractivity contribution in [1.29, 1.82) is 0 Å². The molecule has 1 rings (SSSR count). The standard InChI is InChI=1S/C9H9NO.Nb/c1-2-7-3-5-8(6-4-7)9(10)11;/h2-6H,1H2,(H2,10,11);. The van der Waals surface area contributed by atoms with E-state index in [-0.39, 0.29) is 22.4 Å². The molecule has 0 saturated carbocycles. The molecule has 0 bridgehead atoms. The first-order chi connectivity index (χ1) is 5.24. The van der Waals surface area contributed by atoms with Gasteiger partial charge in [0.05, 0.1) is 0 Å². The number of hydrogen-bond acceptors (Lipinski definition) is 1. The molecule has 0 saturated heterocycles. The van der Waals surface area contributed by atoms with E-state index in [0.29, 0.717) is 5.56 Å². The summed E-state index contributed by atoms with van der Waals surface area (Å²) in [5.74, 6) is -0.402. The number of carbonyl (C=O) groups is 1. The molecule has 0 spiro atoms. The van der Waals surface area contributed by atoms with E-state index in [2.05, 4.69) is 6.58 Å². The van der Waals surface area contributed by atoms with Gasteiger partial charge < -0.3 is 5.73 Å². The Morgan fingerprint density at radius 2 is 1.83 bits per heavy atom. The Bertz CT molecular complexity index is 279. The Hall–Kier alpha value is -0.830. The number of hydrogen-bond donors (Lipinski definition) is 1. The quantitative estimate of drug-likeness (QED) is 0.780. The van der Waals surface area contributed by atoms with Crippen molar-refractivity contribution in [2.24, 2.45) is 5.73 Å². The molecule has 1 radical (unpaired) electrons. The van der Waals surface area contributed by atoms with Crippen LogP contribution in [0, 0.1) is 0 Å². The molecule has 0 unspecified atom stereocenters. The van der Waals surface area contributed by atoms with Gasteiger partial charge in [-0.3, -0.25) is 4.79 Å². The van der Waals surface area contributed by atoms with Crippen molar-refractivity contribution in [3.63, 3.8) is 0 Å². The normalized spacial score (nSPS) is 8.33. The second-order valence-electron chi connectivity index (χ2n) is 2.19. The van der Waals surface area contributed by atoms with Crippen LogP contribution < -0.4 is 5.73 Å². The van der Waals surface area contributed by atoms with E-state index in [0.717, 1.165) is 5.56 Å². The topological polar surface area (TPSA) is 43.1 Å². The van der Waals surface area contributed by atoms with Gasteiger partial charge in [-0.1, -0.05) is 24.8 Å². The van der Waals surface area contributed by atoms with E-state index in [1.54, 1.807) is 30.3 Å². The molecule has 0 fully saturated rings. The van der Waals surface area contributed by atoms with E-state index in [1.165, 1.54) is 0 Å². The van der Waals surface area contributed by atoms with Crippen LogP contribution in [0.2, 0.25) is 0 Å². The molecule has 1 aromatic rings. The number of carbonyl (C=O) groups excluding carboxylic acids is 1. The van der Waals surface area contributed by atoms with Gasteiger partial charge in [-0.2, -0.15) is 0 Å². The number of benzene rings is 1. The maximum absolute atomic E-state index is 10.6. The second kappa shape index (κ2) is 4.93. The SMILES string of the molecule is C=Cc1ccc(C(N)=O)cc1.[Nb]. The van der Waals surface area contributed by atoms with Crippen LogP contribution >= 0.6 is 0 Å². The number of nitrogens with two attached hydrogens (primary N) is 1. The van der Waals surface area contributed by atoms with E-state index in [1.807, 2.05) is 0 Å². The van der Waals surface area contributed by atoms with E-state index < -0.39 is 5.91 Å². The van der Waals surface area contributed by atoms with Crippen molar-refractivity contribution in [3.8, 4) is 0 Å². The van der Waals surface area contributed by atoms with Crippen LogP contribution in [0.4, 0.5) is 0 Å². The average molecular weight is 240 g/mol. The van der Waals surface area contributed by atoms with Crippen molar-refractivity contribution in [1.82, 2.24) is 0 Å². The Kier molecular flexibility index (Phi) is 4.59. The Morgan fingerprint density at radius 3 is 2.17 bits per heavy atom. The fourth-order valence-corrected chi connectivity index (χ4v) is 0.783. The van der Waals surface area contributed by atoms with Gasteiger partial charge in [0.1, 0.15) is 0 Å². The van der Waals surface area contributed by atoms with E-state index in [4.69, 9.17) is 5.73 Å². The van der Waals surface area contributed by atoms with Crippen LogP contribution in [0.3, 0.4) is 0 Å². The summed E-state index contributed by atoms with van der Waals surface area (Å²) in [4.78, 5) is 10.6. The van der Waals surface area contributed by atoms with Gasteiger partial charge in [0.15, 0.2) is 0 Å². The number of amides is 1. The van der Waals surface area contributed by atoms with Gasteiger partial charge in [-0.25, -0.2) is 0 Å². The molecule has 0 atom stereocenters. The smallest absolute Gasteiger partial charge is 0.248 e. The second-order valence-corrected chi connectivity index (χ2v) is 2.19. The summed E-state index contributed by atoms with van der Waals surface area (Å²) < 4.78 is 0. The summed E-state index contributed by atoms with van der Waals surface area (Å²) in [5.41, 5.74) is 6.55. The van der Waals surface area contributed by atoms with Crippen molar-refractivity contribution in [3.05, 3.63) is 42.0 Å². The maximum Gasteiger partial charge on any atom is 0.248 e. The van der Waals surface area contributed by atoms with Crippen LogP contribution in [0.25, 0.3) is 6.08 Å². The summed E-state index contributed by atoms with van der Waals surface area (Å²) in [5, 5.41) is 0. The zero-order valence-corrected chi connectivity index (χ0v) is 8.73. The molecule has 2 nitrogen and oxygen atoms in total. The van der Waals surface area contributed by atoms with Crippen molar-refractivity contribution in [2.75, 3.05) is 0 Å². The van der Waals surface area contributed by atoms with Crippen molar-refractivity contribution >= 4 is 12.0 Å². The van der Waals surface area contributed by atoms with Gasteiger partial charge in [0.2, 0.25) is 5.91 Å². The molecule has 1 amide bonds. The summed E-state index contributed by atoms with van der Waals surface area (Å²) in [7, 11) is 0. The van der Waals surface area contributed by atoms with Crippen LogP contribution in [-0.2, 0) is 22.4 Å². The number of rotatable bonds is 2. The van der Waals surface area contributed by atoms with Crippen LogP contribution in [0.15, 0.2) is 30.8 Å². The largest absolute Gasteiger partial charge is 0.366 e. The third-order valence-electron chi connectivity index (χ3n) is 1.43. The monoisotopic (exact) mass is 240 g/mol. The Morgan fingerprint density at radius 1 is 1.33 bits per heavy atom. The Balaban J connectivity index is 0.00000121. The van der Waals surface area contributed by atoms with Gasteiger partial charge in [-0.15, -0.1) is 0 Å². The first kappa shape index (κ1) is 11.2. The van der Waals surface area contributed by atoms with Gasteiger partial charge in [0.25, 0.3) is 0 Å². The Labute approximate surface area is 87.0 Å². The molecule has 0 aliphatic rings. The molecular weight excluding hydrogens is 231 g/mol. The van der Waals surface area contributed by atoms with Crippen molar-refractivity contribution < 1.29 is 27.2 Å². The minimum atomic E-state index is -0.402. The van der Waals surface area contributed by atoms with Crippen LogP contribution in [-0.4, -0.2) is 5.91 Å². The molecule has 12 heavy (non-hydrogen) atoms. The molecule has 1 aromatic carbocycles. The summed E-state index contributed by atoms with van der Waals surface area (Å²) >= 11 is 0. The summed E-state index contributed by atoms with van der Waals surface area (Å²) in [6, 6.07) is 6.96. The number of primary amides is 1. The van der Waals surface area contributed by atoms with Crippen molar-refractivity contribution in [2.45, 2.75) is 0 Å². The average Bonchev–Trinajstić information content (AvgIpc) is 2.05. The maximum atomic E-state index is 10.6. The van der Waals surface area contributed by atoms with Gasteiger partial charge in [0, 0.05) is 27.9 Å². The predicted molar refractivity (Wildman–Crippen MR) is 45.1 cm³/mol. The molecular formula is C9H9NNbO. The fourth-order valence-electron chi connectivity index (χ4n) is 0.783. The minimum Gasteiger partial charge on any atom is -0.366 e. The fraction of sp³-hybridized carbons (Fsp3) is 0. The molecule has 0 heterocycles. The summed E-state index contributed by atoms with van der Waals surface area (Å²) in [6.07, 6.45) is 1.71. The first-order valence-corrected chi connectivity index (χ1v) is 3.26. The zero-order chi connectivity index (χ0) is 8.27. The predicted octanol–water partition coefficient (Wildman–Crippen LogP) is 1.43. The van der Waals surface area contributed by atoms with E-state index in [9.17, 15) is 4.79 Å². The zero-order valence-electron chi connectivity index (χ0n) is 6.53. The molecule has 2 N–H and O–H groups in total. The van der Waals surface area contributed by atoms with Crippen LogP contribution in [0.1, 0.15) is 15.9 Å². The minimum absolute atomic E-state index is 0.